The van der Waals surface area contributed by atoms with Crippen molar-refractivity contribution in [2.75, 3.05) is 19.8 Å². The number of phenols is 5. The molecule has 24 N–H and O–H groups in total. The number of nitrogens with one attached hydrogen (secondary N) is 6. The maximum Gasteiger partial charge on any atom is 0.330 e. The Labute approximate surface area is 630 Å². The average Bonchev–Trinajstić information content (AvgIpc) is 0.738. The molecular formula is C72H72Cl2N8O28. The lowest BCUT2D eigenvalue weighted by molar-refractivity contribution is -0.284. The molecule has 110 heavy (non-hydrogen) atoms. The number of benzene rings is 7. The van der Waals surface area contributed by atoms with Crippen molar-refractivity contribution < 1.29 is 138 Å². The van der Waals surface area contributed by atoms with Crippen LogP contribution in [0, 0.1) is 0 Å². The highest BCUT2D eigenvalue weighted by Crippen LogP contribution is 2.49. The number of nitrogens with two attached hydrogens (primary N) is 2. The Kier molecular flexibility index (Phi) is 23.1. The Balaban J connectivity index is 1.09. The van der Waals surface area contributed by atoms with Gasteiger partial charge in [-0.2, -0.15) is 0 Å². The van der Waals surface area contributed by atoms with Gasteiger partial charge >= 0.3 is 5.97 Å². The lowest BCUT2D eigenvalue weighted by Gasteiger charge is -2.44. The molecule has 15 bridgehead atoms. The number of rotatable bonds is 9. The van der Waals surface area contributed by atoms with E-state index < -0.39 is 256 Å². The number of phenolic OH excluding ortho intramolecular Hbond substituents is 5. The van der Waals surface area contributed by atoms with Crippen molar-refractivity contribution >= 4 is 64.6 Å². The Hall–Kier alpha value is -10.9. The molecule has 7 aromatic carbocycles. The predicted octanol–water partition coefficient (Wildman–Crippen LogP) is 0.247. The summed E-state index contributed by atoms with van der Waals surface area (Å²) in [6, 6.07) is 5.04. The van der Waals surface area contributed by atoms with Crippen LogP contribution in [0.25, 0.3) is 11.1 Å². The molecule has 0 saturated carbocycles. The van der Waals surface area contributed by atoms with Crippen molar-refractivity contribution in [3.63, 3.8) is 0 Å². The summed E-state index contributed by atoms with van der Waals surface area (Å²) in [5.74, 6) is -16.4. The van der Waals surface area contributed by atoms with E-state index in [1.807, 2.05) is 0 Å². The summed E-state index contributed by atoms with van der Waals surface area (Å²) in [5, 5.41) is 171. The van der Waals surface area contributed by atoms with E-state index in [2.05, 4.69) is 31.9 Å². The summed E-state index contributed by atoms with van der Waals surface area (Å²) < 4.78 is 42.9. The van der Waals surface area contributed by atoms with Crippen LogP contribution < -0.4 is 62.3 Å². The number of aliphatic hydroxyl groups is 8. The molecule has 38 heteroatoms. The molecule has 6 amide bonds. The van der Waals surface area contributed by atoms with Crippen molar-refractivity contribution in [3.05, 3.63) is 164 Å². The van der Waals surface area contributed by atoms with Gasteiger partial charge in [0, 0.05) is 35.7 Å². The molecule has 582 valence electrons. The molecule has 7 aliphatic rings. The van der Waals surface area contributed by atoms with E-state index >= 15 is 19.2 Å². The summed E-state index contributed by atoms with van der Waals surface area (Å²) in [5.41, 5.74) is 10.2. The van der Waals surface area contributed by atoms with E-state index in [1.54, 1.807) is 0 Å². The first-order valence-corrected chi connectivity index (χ1v) is 34.3. The predicted molar refractivity (Wildman–Crippen MR) is 375 cm³/mol. The van der Waals surface area contributed by atoms with E-state index in [0.717, 1.165) is 91.9 Å². The first-order valence-electron chi connectivity index (χ1n) is 33.6. The maximum atomic E-state index is 16.2. The number of aromatic hydroxyl groups is 5. The fraction of sp³-hybridized carbons (Fsp3) is 0.319. The van der Waals surface area contributed by atoms with Gasteiger partial charge in [0.1, 0.15) is 125 Å². The molecule has 7 heterocycles. The third kappa shape index (κ3) is 16.2. The molecule has 18 atom stereocenters. The van der Waals surface area contributed by atoms with Gasteiger partial charge in [0.25, 0.3) is 0 Å². The topological polar surface area (TPSA) is 592 Å². The van der Waals surface area contributed by atoms with Gasteiger partial charge in [-0.1, -0.05) is 47.5 Å². The summed E-state index contributed by atoms with van der Waals surface area (Å²) in [6.45, 7) is -1.67. The van der Waals surface area contributed by atoms with Crippen LogP contribution in [-0.2, 0) is 54.2 Å². The van der Waals surface area contributed by atoms with Gasteiger partial charge < -0.3 is 148 Å². The lowest BCUT2D eigenvalue weighted by Crippen LogP contribution is -2.65. The highest BCUT2D eigenvalue weighted by atomic mass is 35.5. The van der Waals surface area contributed by atoms with Crippen LogP contribution in [0.1, 0.15) is 82.2 Å². The molecule has 2 saturated heterocycles. The average molecular weight is 1570 g/mol. The molecule has 0 aliphatic carbocycles. The van der Waals surface area contributed by atoms with Crippen molar-refractivity contribution in [2.45, 2.75) is 123 Å². The number of carbonyl (C=O) groups excluding carboxylic acids is 6. The number of amides is 6. The smallest absolute Gasteiger partial charge is 0.330 e. The summed E-state index contributed by atoms with van der Waals surface area (Å²) in [7, 11) is 0. The summed E-state index contributed by atoms with van der Waals surface area (Å²) >= 11 is 14.1. The molecule has 0 spiro atoms. The fourth-order valence-corrected chi connectivity index (χ4v) is 13.6. The highest BCUT2D eigenvalue weighted by molar-refractivity contribution is 6.32. The third-order valence-corrected chi connectivity index (χ3v) is 19.4. The quantitative estimate of drug-likeness (QED) is 0.0921. The maximum absolute atomic E-state index is 16.2. The minimum absolute atomic E-state index is 0.0810. The largest absolute Gasteiger partial charge is 0.508 e. The molecule has 0 aromatic heterocycles. The molecular weight excluding hydrogens is 1500 g/mol. The number of aliphatic carboxylic acids is 1. The van der Waals surface area contributed by atoms with Crippen LogP contribution in [-0.4, -0.2) is 206 Å². The van der Waals surface area contributed by atoms with Crippen LogP contribution in [0.5, 0.6) is 69.0 Å². The number of carboxylic acid groups (broad SMARTS) is 1. The van der Waals surface area contributed by atoms with Gasteiger partial charge in [0.05, 0.1) is 35.9 Å². The van der Waals surface area contributed by atoms with Crippen molar-refractivity contribution in [1.29, 1.82) is 0 Å². The second-order valence-electron chi connectivity index (χ2n) is 26.3. The standard InChI is InChI=1S/C72H72Cl2N8O28/c1-25(86)77-56-61(94)59(92)48(23-84)108-71(56)110-64-29-5-9-43(39(74)15-29)106-47-18-31-17-46(58(47)91)105-42-8-2-26(11-38(42)73)10-32(22-83)78-65(97)51(75)27-3-7-41(90)44(16-27)104-35-13-30(12-33(87)19-35)52(76)66(98)79-54(31)68(100)80-53-28-4-6-40(89)36(14-28)50-37(55(70(102)103)81-69(101)57(64)82-67(53)99)20-34(88)21-45(50)107-72-63(96)62(95)60(93)49(24-85)109-72/h2-9,11-21,32,48-49,51-57,59-64,71-72,83-85,87-96H,10,22-24,75-76H2,1H3,(H,77,86)(H,78,97)(H,79,98)(H,80,100)(H,81,101)(H,82,99)(H,102,103)/t32-,48-,49-,51-,52-,53-,54-,55+,56-,57+,59-,60-,61-,62+,63-,64-,71+,72-/m1/s1. The monoisotopic (exact) mass is 1570 g/mol. The van der Waals surface area contributed by atoms with E-state index in [9.17, 15) is 85.9 Å². The molecule has 36 nitrogen and oxygen atoms in total. The second kappa shape index (κ2) is 32.3. The number of hydrogen-bond acceptors (Lipinski definition) is 29. The van der Waals surface area contributed by atoms with Crippen LogP contribution in [0.4, 0.5) is 0 Å². The minimum atomic E-state index is -2.49. The van der Waals surface area contributed by atoms with E-state index in [0.29, 0.717) is 5.56 Å². The van der Waals surface area contributed by atoms with Gasteiger partial charge in [-0.25, -0.2) is 4.79 Å². The van der Waals surface area contributed by atoms with E-state index in [1.165, 1.54) is 30.3 Å². The Morgan fingerprint density at radius 3 is 1.77 bits per heavy atom. The first-order chi connectivity index (χ1) is 52.3. The highest BCUT2D eigenvalue weighted by Gasteiger charge is 2.50. The second-order valence-corrected chi connectivity index (χ2v) is 27.1. The van der Waals surface area contributed by atoms with Crippen LogP contribution >= 0.6 is 23.2 Å². The summed E-state index contributed by atoms with van der Waals surface area (Å²) in [4.78, 5) is 104. The zero-order valence-electron chi connectivity index (χ0n) is 57.1. The van der Waals surface area contributed by atoms with Crippen LogP contribution in [0.15, 0.2) is 115 Å². The van der Waals surface area contributed by atoms with Gasteiger partial charge in [-0.15, -0.1) is 0 Å². The van der Waals surface area contributed by atoms with Crippen LogP contribution in [0.3, 0.4) is 0 Å². The van der Waals surface area contributed by atoms with E-state index in [-0.39, 0.29) is 45.4 Å². The Bertz CT molecular complexity index is 4770. The van der Waals surface area contributed by atoms with Crippen molar-refractivity contribution in [2.24, 2.45) is 11.5 Å². The van der Waals surface area contributed by atoms with Crippen molar-refractivity contribution in [3.8, 4) is 80.1 Å². The number of ether oxygens (including phenoxy) is 7. The molecule has 0 radical (unpaired) electrons. The first kappa shape index (κ1) is 78.7. The normalized spacial score (nSPS) is 27.8. The SMILES string of the molecule is CC(=O)N[C@H]1[C@H](O[C@@H]2c3ccc(c(Cl)c3)Oc3cc4cc(c3O)Oc3ccc(cc3Cl)C[C@H](CO)NC(=O)[C@H](N)c3ccc(O)c(c3)Oc3cc(O)cc(c3)[C@@H](N)C(=O)N[C@H]4C(=O)N[C@H]3C(=O)N[C@@H]2C(=O)N[C@H](C(=O)O)c2cc(O)cc(O[C@@H]4O[C@H](CO)[C@@H](O)[C@H](O)[C@H]4O)c2-c2cc3ccc2O)O[C@H](CO)[C@@H](O)[C@@H]1O. The van der Waals surface area contributed by atoms with Gasteiger partial charge in [0.15, 0.2) is 35.3 Å². The number of halogens is 2. The lowest BCUT2D eigenvalue weighted by atomic mass is 9.89. The number of carboxylic acids is 1. The number of aliphatic hydroxyl groups excluding tert-OH is 8. The van der Waals surface area contributed by atoms with E-state index in [4.69, 9.17) is 67.8 Å². The Morgan fingerprint density at radius 1 is 0.536 bits per heavy atom. The van der Waals surface area contributed by atoms with Gasteiger partial charge in [0.2, 0.25) is 47.5 Å². The molecule has 14 rings (SSSR count). The van der Waals surface area contributed by atoms with Gasteiger partial charge in [-0.3, -0.25) is 28.8 Å². The number of hydrogen-bond donors (Lipinski definition) is 22. The molecule has 2 fully saturated rings. The molecule has 7 aliphatic heterocycles. The van der Waals surface area contributed by atoms with Gasteiger partial charge in [-0.05, 0) is 119 Å². The van der Waals surface area contributed by atoms with Crippen LogP contribution in [0.2, 0.25) is 10.0 Å². The number of carbonyl (C=O) groups is 7. The molecule has 0 unspecified atom stereocenters. The zero-order valence-corrected chi connectivity index (χ0v) is 58.6. The number of fused-ring (bicyclic) bond motifs is 15. The molecule has 7 aromatic rings. The summed E-state index contributed by atoms with van der Waals surface area (Å²) in [6.07, 6.45) is -20.3. The zero-order chi connectivity index (χ0) is 79.2. The van der Waals surface area contributed by atoms with Crippen molar-refractivity contribution in [1.82, 2.24) is 31.9 Å². The minimum Gasteiger partial charge on any atom is -0.508 e. The third-order valence-electron chi connectivity index (χ3n) is 18.8. The Morgan fingerprint density at radius 2 is 1.12 bits per heavy atom. The fourth-order valence-electron chi connectivity index (χ4n) is 13.1.